The van der Waals surface area contributed by atoms with Gasteiger partial charge in [0, 0.05) is 19.5 Å². The molecule has 6 heteroatoms. The van der Waals surface area contributed by atoms with E-state index in [4.69, 9.17) is 8.85 Å². The van der Waals surface area contributed by atoms with E-state index in [0.717, 1.165) is 0 Å². The predicted octanol–water partition coefficient (Wildman–Crippen LogP) is 1.27. The molecule has 0 fully saturated rings. The molecule has 0 saturated carbocycles. The molecule has 0 aliphatic carbocycles. The van der Waals surface area contributed by atoms with Crippen molar-refractivity contribution in [3.63, 3.8) is 0 Å². The Bertz CT molecular complexity index is 291. The molecule has 0 saturated heterocycles. The van der Waals surface area contributed by atoms with E-state index in [1.807, 2.05) is 20.4 Å². The maximum Gasteiger partial charge on any atom is 0.361 e. The molecule has 90 valence electrons. The summed E-state index contributed by atoms with van der Waals surface area (Å²) in [5.74, 6) is 0.0374. The second-order valence-electron chi connectivity index (χ2n) is 3.38. The normalized spacial score (nSPS) is 13.6. The highest BCUT2D eigenvalue weighted by molar-refractivity contribution is 7.90. The van der Waals surface area contributed by atoms with Crippen LogP contribution in [0.15, 0.2) is 11.8 Å². The highest BCUT2D eigenvalue weighted by atomic mass is 32.2. The average molecular weight is 252 g/mol. The largest absolute Gasteiger partial charge is 0.392 e. The number of hydrogen-bond donors (Lipinski definition) is 0. The van der Waals surface area contributed by atoms with Crippen LogP contribution in [0.5, 0.6) is 0 Å². The van der Waals surface area contributed by atoms with Gasteiger partial charge >= 0.3 is 8.56 Å². The molecule has 0 amide bonds. The van der Waals surface area contributed by atoms with E-state index in [0.29, 0.717) is 13.2 Å². The molecule has 0 aromatic rings. The van der Waals surface area contributed by atoms with Gasteiger partial charge in [0.15, 0.2) is 9.84 Å². The number of hydrogen-bond acceptors (Lipinski definition) is 4. The van der Waals surface area contributed by atoms with Crippen molar-refractivity contribution in [1.82, 2.24) is 0 Å². The van der Waals surface area contributed by atoms with Gasteiger partial charge < -0.3 is 8.85 Å². The Morgan fingerprint density at radius 2 is 1.67 bits per heavy atom. The van der Waals surface area contributed by atoms with E-state index >= 15 is 0 Å². The molecule has 0 aliphatic heterocycles. The Morgan fingerprint density at radius 3 is 2.00 bits per heavy atom. The Labute approximate surface area is 93.4 Å². The molecule has 0 unspecified atom stereocenters. The van der Waals surface area contributed by atoms with Crippen LogP contribution >= 0.6 is 0 Å². The van der Waals surface area contributed by atoms with E-state index in [-0.39, 0.29) is 5.75 Å². The molecule has 4 nitrogen and oxygen atoms in total. The third kappa shape index (κ3) is 7.72. The standard InChI is InChI=1S/C9H20O4SSi/c1-5-12-15(4,13-6-2)9-7-8-14(3,10)11/h7,9H,5-6,8H2,1-4H3/b9-7+. The second-order valence-corrected chi connectivity index (χ2v) is 8.50. The molecule has 0 spiro atoms. The molecule has 0 rings (SSSR count). The van der Waals surface area contributed by atoms with Crippen molar-refractivity contribution in [1.29, 1.82) is 0 Å². The van der Waals surface area contributed by atoms with Crippen LogP contribution in [0.1, 0.15) is 13.8 Å². The van der Waals surface area contributed by atoms with Crippen LogP contribution in [0, 0.1) is 0 Å². The summed E-state index contributed by atoms with van der Waals surface area (Å²) in [5.41, 5.74) is 1.78. The first kappa shape index (κ1) is 14.8. The molecule has 0 bridgehead atoms. The Morgan fingerprint density at radius 1 is 1.20 bits per heavy atom. The van der Waals surface area contributed by atoms with E-state index in [1.165, 1.54) is 6.26 Å². The quantitative estimate of drug-likeness (QED) is 0.640. The van der Waals surface area contributed by atoms with Gasteiger partial charge in [0.05, 0.1) is 5.75 Å². The van der Waals surface area contributed by atoms with Crippen LogP contribution in [0.2, 0.25) is 6.55 Å². The average Bonchev–Trinajstić information content (AvgIpc) is 2.01. The highest BCUT2D eigenvalue weighted by Gasteiger charge is 2.26. The maximum absolute atomic E-state index is 10.9. The van der Waals surface area contributed by atoms with Gasteiger partial charge in [0.25, 0.3) is 0 Å². The van der Waals surface area contributed by atoms with E-state index in [2.05, 4.69) is 0 Å². The summed E-state index contributed by atoms with van der Waals surface area (Å²) in [6.07, 6.45) is 2.82. The van der Waals surface area contributed by atoms with E-state index < -0.39 is 18.4 Å². The van der Waals surface area contributed by atoms with Crippen LogP contribution in [-0.2, 0) is 18.7 Å². The molecular weight excluding hydrogens is 232 g/mol. The molecule has 0 aromatic heterocycles. The summed E-state index contributed by atoms with van der Waals surface area (Å²) in [6.45, 7) is 6.85. The van der Waals surface area contributed by atoms with Crippen molar-refractivity contribution in [2.75, 3.05) is 25.2 Å². The number of rotatable bonds is 7. The van der Waals surface area contributed by atoms with Crippen molar-refractivity contribution in [3.8, 4) is 0 Å². The fourth-order valence-electron chi connectivity index (χ4n) is 1.15. The fraction of sp³-hybridized carbons (Fsp3) is 0.778. The van der Waals surface area contributed by atoms with Crippen molar-refractivity contribution in [2.24, 2.45) is 0 Å². The third-order valence-electron chi connectivity index (χ3n) is 1.68. The van der Waals surface area contributed by atoms with Gasteiger partial charge in [-0.2, -0.15) is 0 Å². The lowest BCUT2D eigenvalue weighted by atomic mass is 10.8. The summed E-state index contributed by atoms with van der Waals surface area (Å²) < 4.78 is 32.9. The summed E-state index contributed by atoms with van der Waals surface area (Å²) >= 11 is 0. The summed E-state index contributed by atoms with van der Waals surface area (Å²) in [4.78, 5) is 0. The molecule has 0 N–H and O–H groups in total. The van der Waals surface area contributed by atoms with Gasteiger partial charge in [-0.05, 0) is 26.1 Å². The Hall–Kier alpha value is -0.173. The van der Waals surface area contributed by atoms with Crippen LogP contribution in [0.25, 0.3) is 0 Å². The van der Waals surface area contributed by atoms with E-state index in [9.17, 15) is 8.42 Å². The van der Waals surface area contributed by atoms with Crippen LogP contribution in [0.3, 0.4) is 0 Å². The third-order valence-corrected chi connectivity index (χ3v) is 5.04. The first-order valence-corrected chi connectivity index (χ1v) is 9.41. The van der Waals surface area contributed by atoms with Gasteiger partial charge in [0.1, 0.15) is 0 Å². The summed E-state index contributed by atoms with van der Waals surface area (Å²) in [6, 6.07) is 0. The minimum absolute atomic E-state index is 0.0374. The number of sulfone groups is 1. The highest BCUT2D eigenvalue weighted by Crippen LogP contribution is 2.09. The summed E-state index contributed by atoms with van der Waals surface area (Å²) in [7, 11) is -5.25. The minimum Gasteiger partial charge on any atom is -0.392 e. The lowest BCUT2D eigenvalue weighted by molar-refractivity contribution is 0.201. The first-order chi connectivity index (χ1) is 6.83. The monoisotopic (exact) mass is 252 g/mol. The zero-order valence-corrected chi connectivity index (χ0v) is 11.6. The Kier molecular flexibility index (Phi) is 6.34. The fourth-order valence-corrected chi connectivity index (χ4v) is 3.73. The molecular formula is C9H20O4SSi. The van der Waals surface area contributed by atoms with Gasteiger partial charge in [0.2, 0.25) is 0 Å². The minimum atomic E-state index is -2.95. The molecule has 0 radical (unpaired) electrons. The van der Waals surface area contributed by atoms with Crippen molar-refractivity contribution < 1.29 is 17.3 Å². The summed E-state index contributed by atoms with van der Waals surface area (Å²) in [5, 5.41) is 0. The zero-order chi connectivity index (χ0) is 11.9. The van der Waals surface area contributed by atoms with Crippen LogP contribution in [-0.4, -0.2) is 42.2 Å². The molecule has 0 aromatic carbocycles. The van der Waals surface area contributed by atoms with Gasteiger partial charge in [-0.3, -0.25) is 0 Å². The van der Waals surface area contributed by atoms with Gasteiger partial charge in [-0.15, -0.1) is 0 Å². The topological polar surface area (TPSA) is 52.6 Å². The maximum atomic E-state index is 10.9. The zero-order valence-electron chi connectivity index (χ0n) is 9.82. The van der Waals surface area contributed by atoms with E-state index in [1.54, 1.807) is 11.8 Å². The van der Waals surface area contributed by atoms with Crippen molar-refractivity contribution in [2.45, 2.75) is 20.4 Å². The molecule has 0 aliphatic rings. The predicted molar refractivity (Wildman–Crippen MR) is 63.7 cm³/mol. The van der Waals surface area contributed by atoms with Crippen LogP contribution in [0.4, 0.5) is 0 Å². The van der Waals surface area contributed by atoms with Crippen molar-refractivity contribution in [3.05, 3.63) is 11.8 Å². The molecule has 15 heavy (non-hydrogen) atoms. The SMILES string of the molecule is CCO[Si](C)(/C=C/CS(C)(=O)=O)OCC. The first-order valence-electron chi connectivity index (χ1n) is 4.96. The molecule has 0 atom stereocenters. The van der Waals surface area contributed by atoms with Crippen LogP contribution < -0.4 is 0 Å². The lowest BCUT2D eigenvalue weighted by Crippen LogP contribution is -2.37. The molecule has 0 heterocycles. The lowest BCUT2D eigenvalue weighted by Gasteiger charge is -2.22. The van der Waals surface area contributed by atoms with Gasteiger partial charge in [-0.25, -0.2) is 8.42 Å². The smallest absolute Gasteiger partial charge is 0.361 e. The van der Waals surface area contributed by atoms with Crippen molar-refractivity contribution >= 4 is 18.4 Å². The van der Waals surface area contributed by atoms with Gasteiger partial charge in [-0.1, -0.05) is 6.08 Å². The second kappa shape index (κ2) is 6.42. The Balaban J connectivity index is 4.40.